The molecule has 0 radical (unpaired) electrons. The third kappa shape index (κ3) is 2.81. The molecule has 5 heteroatoms. The molecule has 0 unspecified atom stereocenters. The highest BCUT2D eigenvalue weighted by Crippen LogP contribution is 2.27. The fraction of sp³-hybridized carbons (Fsp3) is 0.0625. The number of nitrogens with one attached hydrogen (secondary N) is 1. The lowest BCUT2D eigenvalue weighted by atomic mass is 10.2. The number of aromatic nitrogens is 1. The standard InChI is InChI=1S/C16H13N3O2/c20-19(21)15-10-16(17-11-12-6-2-1-3-7-12)18-14-9-5-4-8-13(14)15/h1-10H,11H2,(H,17,18). The molecule has 0 aliphatic carbocycles. The molecule has 2 aromatic carbocycles. The molecule has 1 heterocycles. The Bertz CT molecular complexity index is 788. The van der Waals surface area contributed by atoms with Gasteiger partial charge in [-0.2, -0.15) is 0 Å². The summed E-state index contributed by atoms with van der Waals surface area (Å²) in [7, 11) is 0. The van der Waals surface area contributed by atoms with Crippen LogP contribution in [0.5, 0.6) is 0 Å². The summed E-state index contributed by atoms with van der Waals surface area (Å²) >= 11 is 0. The van der Waals surface area contributed by atoms with Gasteiger partial charge in [-0.25, -0.2) is 4.98 Å². The van der Waals surface area contributed by atoms with Crippen molar-refractivity contribution >= 4 is 22.4 Å². The molecular weight excluding hydrogens is 266 g/mol. The zero-order valence-corrected chi connectivity index (χ0v) is 11.2. The van der Waals surface area contributed by atoms with E-state index in [1.807, 2.05) is 36.4 Å². The van der Waals surface area contributed by atoms with Crippen molar-refractivity contribution in [2.45, 2.75) is 6.54 Å². The van der Waals surface area contributed by atoms with Crippen LogP contribution in [0.15, 0.2) is 60.7 Å². The van der Waals surface area contributed by atoms with Crippen LogP contribution in [0.25, 0.3) is 10.9 Å². The maximum Gasteiger partial charge on any atom is 0.282 e. The minimum Gasteiger partial charge on any atom is -0.366 e. The van der Waals surface area contributed by atoms with Gasteiger partial charge in [0.15, 0.2) is 0 Å². The van der Waals surface area contributed by atoms with Crippen molar-refractivity contribution in [1.29, 1.82) is 0 Å². The molecule has 0 saturated heterocycles. The number of fused-ring (bicyclic) bond motifs is 1. The Balaban J connectivity index is 1.94. The van der Waals surface area contributed by atoms with E-state index in [1.54, 1.807) is 18.2 Å². The number of nitro groups is 1. The van der Waals surface area contributed by atoms with E-state index in [0.29, 0.717) is 23.3 Å². The lowest BCUT2D eigenvalue weighted by Gasteiger charge is -2.07. The van der Waals surface area contributed by atoms with Crippen LogP contribution in [-0.2, 0) is 6.54 Å². The number of para-hydroxylation sites is 1. The maximum atomic E-state index is 11.2. The highest BCUT2D eigenvalue weighted by Gasteiger charge is 2.14. The summed E-state index contributed by atoms with van der Waals surface area (Å²) < 4.78 is 0. The van der Waals surface area contributed by atoms with E-state index in [4.69, 9.17) is 0 Å². The van der Waals surface area contributed by atoms with Crippen LogP contribution in [-0.4, -0.2) is 9.91 Å². The summed E-state index contributed by atoms with van der Waals surface area (Å²) in [6.45, 7) is 0.573. The number of pyridine rings is 1. The van der Waals surface area contributed by atoms with E-state index in [0.717, 1.165) is 5.56 Å². The molecule has 104 valence electrons. The van der Waals surface area contributed by atoms with Gasteiger partial charge in [-0.3, -0.25) is 10.1 Å². The maximum absolute atomic E-state index is 11.2. The summed E-state index contributed by atoms with van der Waals surface area (Å²) in [6.07, 6.45) is 0. The first-order valence-electron chi connectivity index (χ1n) is 6.56. The van der Waals surface area contributed by atoms with E-state index in [1.165, 1.54) is 6.07 Å². The van der Waals surface area contributed by atoms with Gasteiger partial charge in [0.05, 0.1) is 21.9 Å². The van der Waals surface area contributed by atoms with E-state index in [-0.39, 0.29) is 10.6 Å². The molecule has 0 bridgehead atoms. The van der Waals surface area contributed by atoms with Gasteiger partial charge >= 0.3 is 0 Å². The Labute approximate surface area is 121 Å². The van der Waals surface area contributed by atoms with Gasteiger partial charge in [-0.05, 0) is 17.7 Å². The Kier molecular flexibility index (Phi) is 3.47. The molecule has 3 rings (SSSR count). The Morgan fingerprint density at radius 1 is 1.05 bits per heavy atom. The zero-order valence-electron chi connectivity index (χ0n) is 11.2. The van der Waals surface area contributed by atoms with Crippen LogP contribution in [0.3, 0.4) is 0 Å². The Hall–Kier alpha value is -2.95. The van der Waals surface area contributed by atoms with Crippen LogP contribution in [0.2, 0.25) is 0 Å². The van der Waals surface area contributed by atoms with Gasteiger partial charge in [0, 0.05) is 6.54 Å². The monoisotopic (exact) mass is 279 g/mol. The normalized spacial score (nSPS) is 10.5. The largest absolute Gasteiger partial charge is 0.366 e. The van der Waals surface area contributed by atoms with E-state index < -0.39 is 0 Å². The first-order chi connectivity index (χ1) is 10.2. The van der Waals surface area contributed by atoms with Crippen LogP contribution in [0.1, 0.15) is 5.56 Å². The number of anilines is 1. The number of hydrogen-bond acceptors (Lipinski definition) is 4. The smallest absolute Gasteiger partial charge is 0.282 e. The van der Waals surface area contributed by atoms with Gasteiger partial charge in [0.25, 0.3) is 5.69 Å². The van der Waals surface area contributed by atoms with E-state index in [2.05, 4.69) is 10.3 Å². The molecule has 0 aliphatic rings. The number of rotatable bonds is 4. The second kappa shape index (κ2) is 5.58. The van der Waals surface area contributed by atoms with Crippen LogP contribution in [0, 0.1) is 10.1 Å². The van der Waals surface area contributed by atoms with Crippen LogP contribution >= 0.6 is 0 Å². The molecule has 0 spiro atoms. The number of benzene rings is 2. The SMILES string of the molecule is O=[N+]([O-])c1cc(NCc2ccccc2)nc2ccccc12. The van der Waals surface area contributed by atoms with Crippen LogP contribution in [0.4, 0.5) is 11.5 Å². The van der Waals surface area contributed by atoms with Gasteiger partial charge in [-0.15, -0.1) is 0 Å². The molecule has 0 fully saturated rings. The molecule has 5 nitrogen and oxygen atoms in total. The molecule has 21 heavy (non-hydrogen) atoms. The summed E-state index contributed by atoms with van der Waals surface area (Å²) in [6, 6.07) is 18.4. The average molecular weight is 279 g/mol. The fourth-order valence-corrected chi connectivity index (χ4v) is 2.19. The van der Waals surface area contributed by atoms with Crippen molar-refractivity contribution in [2.24, 2.45) is 0 Å². The highest BCUT2D eigenvalue weighted by molar-refractivity contribution is 5.89. The summed E-state index contributed by atoms with van der Waals surface area (Å²) in [4.78, 5) is 15.2. The first-order valence-corrected chi connectivity index (χ1v) is 6.56. The topological polar surface area (TPSA) is 68.1 Å². The summed E-state index contributed by atoms with van der Waals surface area (Å²) in [5.74, 6) is 0.504. The lowest BCUT2D eigenvalue weighted by molar-refractivity contribution is -0.383. The quantitative estimate of drug-likeness (QED) is 0.583. The minimum absolute atomic E-state index is 0.0659. The van der Waals surface area contributed by atoms with Gasteiger partial charge < -0.3 is 5.32 Å². The first kappa shape index (κ1) is 13.1. The van der Waals surface area contributed by atoms with Crippen molar-refractivity contribution in [3.8, 4) is 0 Å². The average Bonchev–Trinajstić information content (AvgIpc) is 2.53. The summed E-state index contributed by atoms with van der Waals surface area (Å²) in [5, 5.41) is 14.9. The predicted molar refractivity (Wildman–Crippen MR) is 82.2 cm³/mol. The van der Waals surface area contributed by atoms with Gasteiger partial charge in [0.2, 0.25) is 0 Å². The predicted octanol–water partition coefficient (Wildman–Crippen LogP) is 3.76. The van der Waals surface area contributed by atoms with Crippen molar-refractivity contribution in [2.75, 3.05) is 5.32 Å². The highest BCUT2D eigenvalue weighted by atomic mass is 16.6. The second-order valence-corrected chi connectivity index (χ2v) is 4.64. The third-order valence-corrected chi connectivity index (χ3v) is 3.21. The van der Waals surface area contributed by atoms with E-state index in [9.17, 15) is 10.1 Å². The molecule has 0 saturated carbocycles. The van der Waals surface area contributed by atoms with Crippen LogP contribution < -0.4 is 5.32 Å². The Morgan fingerprint density at radius 2 is 1.76 bits per heavy atom. The molecule has 0 aliphatic heterocycles. The third-order valence-electron chi connectivity index (χ3n) is 3.21. The minimum atomic E-state index is -0.377. The van der Waals surface area contributed by atoms with Gasteiger partial charge in [0.1, 0.15) is 5.82 Å². The number of hydrogen-bond donors (Lipinski definition) is 1. The molecule has 1 N–H and O–H groups in total. The Morgan fingerprint density at radius 3 is 2.52 bits per heavy atom. The lowest BCUT2D eigenvalue weighted by Crippen LogP contribution is -2.02. The van der Waals surface area contributed by atoms with Gasteiger partial charge in [-0.1, -0.05) is 42.5 Å². The van der Waals surface area contributed by atoms with Crippen molar-refractivity contribution in [3.05, 3.63) is 76.3 Å². The molecule has 0 amide bonds. The summed E-state index contributed by atoms with van der Waals surface area (Å²) in [5.41, 5.74) is 1.77. The van der Waals surface area contributed by atoms with Crippen molar-refractivity contribution in [1.82, 2.24) is 4.98 Å². The molecule has 3 aromatic rings. The molecular formula is C16H13N3O2. The second-order valence-electron chi connectivity index (χ2n) is 4.64. The molecule has 1 aromatic heterocycles. The zero-order chi connectivity index (χ0) is 14.7. The van der Waals surface area contributed by atoms with Crippen molar-refractivity contribution < 1.29 is 4.92 Å². The molecule has 0 atom stereocenters. The van der Waals surface area contributed by atoms with E-state index >= 15 is 0 Å². The number of nitrogens with zero attached hydrogens (tertiary/aromatic N) is 2. The fourth-order valence-electron chi connectivity index (χ4n) is 2.19. The van der Waals surface area contributed by atoms with Crippen molar-refractivity contribution in [3.63, 3.8) is 0 Å².